The van der Waals surface area contributed by atoms with Crippen LogP contribution in [0.5, 0.6) is 0 Å². The normalized spacial score (nSPS) is 10.4. The van der Waals surface area contributed by atoms with Crippen LogP contribution in [0.2, 0.25) is 5.02 Å². The van der Waals surface area contributed by atoms with Gasteiger partial charge in [-0.25, -0.2) is 9.78 Å². The average Bonchev–Trinajstić information content (AvgIpc) is 2.40. The lowest BCUT2D eigenvalue weighted by Crippen LogP contribution is -1.99. The van der Waals surface area contributed by atoms with Crippen LogP contribution in [0.4, 0.5) is 5.69 Å². The Hall–Kier alpha value is -1.64. The maximum atomic E-state index is 11.2. The standard InChI is InChI=1S/C12H6BrClN2O4S/c13-6-1-2-8(12(17)18)10(3-6)21-11-9(16(19)20)4-7(14)5-15-11/h1-5H,(H,17,18). The molecule has 0 aliphatic heterocycles. The average molecular weight is 390 g/mol. The molecule has 0 aliphatic rings. The number of carbonyl (C=O) groups is 1. The number of aromatic nitrogens is 1. The predicted molar refractivity (Wildman–Crippen MR) is 81.1 cm³/mol. The van der Waals surface area contributed by atoms with E-state index in [9.17, 15) is 14.9 Å². The van der Waals surface area contributed by atoms with Crippen molar-refractivity contribution in [3.05, 3.63) is 55.6 Å². The Morgan fingerprint density at radius 3 is 2.76 bits per heavy atom. The molecular weight excluding hydrogens is 384 g/mol. The van der Waals surface area contributed by atoms with E-state index in [1.54, 1.807) is 12.1 Å². The van der Waals surface area contributed by atoms with Gasteiger partial charge in [-0.05, 0) is 18.2 Å². The second-order valence-corrected chi connectivity index (χ2v) is 6.17. The molecule has 1 aromatic heterocycles. The summed E-state index contributed by atoms with van der Waals surface area (Å²) in [5.74, 6) is -1.12. The lowest BCUT2D eigenvalue weighted by Gasteiger charge is -2.06. The smallest absolute Gasteiger partial charge is 0.336 e. The van der Waals surface area contributed by atoms with Gasteiger partial charge >= 0.3 is 11.7 Å². The summed E-state index contributed by atoms with van der Waals surface area (Å²) in [6.45, 7) is 0. The van der Waals surface area contributed by atoms with Crippen molar-refractivity contribution >= 4 is 50.9 Å². The monoisotopic (exact) mass is 388 g/mol. The van der Waals surface area contributed by atoms with Gasteiger partial charge in [-0.3, -0.25) is 10.1 Å². The number of nitro groups is 1. The lowest BCUT2D eigenvalue weighted by atomic mass is 10.2. The Balaban J connectivity index is 2.50. The van der Waals surface area contributed by atoms with Crippen LogP contribution < -0.4 is 0 Å². The first kappa shape index (κ1) is 15.7. The zero-order valence-corrected chi connectivity index (χ0v) is 13.3. The van der Waals surface area contributed by atoms with Crippen molar-refractivity contribution in [2.45, 2.75) is 9.92 Å². The molecule has 0 bridgehead atoms. The van der Waals surface area contributed by atoms with Gasteiger partial charge in [0, 0.05) is 21.6 Å². The quantitative estimate of drug-likeness (QED) is 0.620. The largest absolute Gasteiger partial charge is 0.478 e. The van der Waals surface area contributed by atoms with E-state index in [1.165, 1.54) is 18.3 Å². The molecule has 0 fully saturated rings. The highest BCUT2D eigenvalue weighted by molar-refractivity contribution is 9.10. The fraction of sp³-hybridized carbons (Fsp3) is 0. The summed E-state index contributed by atoms with van der Waals surface area (Å²) in [5, 5.41) is 20.4. The maximum Gasteiger partial charge on any atom is 0.336 e. The highest BCUT2D eigenvalue weighted by Crippen LogP contribution is 2.37. The molecule has 0 radical (unpaired) electrons. The number of carboxylic acid groups (broad SMARTS) is 1. The number of hydrogen-bond donors (Lipinski definition) is 1. The van der Waals surface area contributed by atoms with Crippen LogP contribution in [0, 0.1) is 10.1 Å². The highest BCUT2D eigenvalue weighted by Gasteiger charge is 2.20. The van der Waals surface area contributed by atoms with Crippen molar-refractivity contribution in [3.8, 4) is 0 Å². The van der Waals surface area contributed by atoms with Gasteiger partial charge in [-0.2, -0.15) is 0 Å². The van der Waals surface area contributed by atoms with Crippen molar-refractivity contribution < 1.29 is 14.8 Å². The third-order valence-electron chi connectivity index (χ3n) is 2.38. The summed E-state index contributed by atoms with van der Waals surface area (Å²) in [6, 6.07) is 5.73. The first-order valence-corrected chi connectivity index (χ1v) is 7.38. The molecular formula is C12H6BrClN2O4S. The SMILES string of the molecule is O=C(O)c1ccc(Br)cc1Sc1ncc(Cl)cc1[N+](=O)[O-]. The first-order chi connectivity index (χ1) is 9.88. The molecule has 6 nitrogen and oxygen atoms in total. The molecule has 1 N–H and O–H groups in total. The van der Waals surface area contributed by atoms with Crippen LogP contribution in [-0.4, -0.2) is 21.0 Å². The molecule has 2 aromatic rings. The molecule has 0 spiro atoms. The van der Waals surface area contributed by atoms with Gasteiger partial charge in [0.1, 0.15) is 0 Å². The van der Waals surface area contributed by atoms with E-state index in [4.69, 9.17) is 16.7 Å². The summed E-state index contributed by atoms with van der Waals surface area (Å²) >= 11 is 9.83. The van der Waals surface area contributed by atoms with Crippen LogP contribution in [-0.2, 0) is 0 Å². The van der Waals surface area contributed by atoms with Gasteiger partial charge < -0.3 is 5.11 Å². The Morgan fingerprint density at radius 1 is 1.43 bits per heavy atom. The first-order valence-electron chi connectivity index (χ1n) is 5.39. The molecule has 21 heavy (non-hydrogen) atoms. The minimum absolute atomic E-state index is 0.0363. The van der Waals surface area contributed by atoms with Crippen molar-refractivity contribution in [2.24, 2.45) is 0 Å². The third kappa shape index (κ3) is 3.72. The van der Waals surface area contributed by atoms with Crippen LogP contribution >= 0.6 is 39.3 Å². The van der Waals surface area contributed by atoms with E-state index in [2.05, 4.69) is 20.9 Å². The van der Waals surface area contributed by atoms with Crippen molar-refractivity contribution in [2.75, 3.05) is 0 Å². The van der Waals surface area contributed by atoms with E-state index >= 15 is 0 Å². The number of hydrogen-bond acceptors (Lipinski definition) is 5. The molecule has 9 heteroatoms. The van der Waals surface area contributed by atoms with Gasteiger partial charge in [0.15, 0.2) is 5.03 Å². The van der Waals surface area contributed by atoms with Gasteiger partial charge in [-0.1, -0.05) is 39.3 Å². The molecule has 0 unspecified atom stereocenters. The summed E-state index contributed by atoms with van der Waals surface area (Å²) in [4.78, 5) is 25.8. The molecule has 0 saturated carbocycles. The van der Waals surface area contributed by atoms with E-state index in [-0.39, 0.29) is 21.3 Å². The zero-order chi connectivity index (χ0) is 15.6. The van der Waals surface area contributed by atoms with Gasteiger partial charge in [-0.15, -0.1) is 0 Å². The Kier molecular flexibility index (Phi) is 4.81. The van der Waals surface area contributed by atoms with Crippen LogP contribution in [0.15, 0.2) is 44.9 Å². The molecule has 108 valence electrons. The van der Waals surface area contributed by atoms with Crippen LogP contribution in [0.1, 0.15) is 10.4 Å². The van der Waals surface area contributed by atoms with Gasteiger partial charge in [0.2, 0.25) is 0 Å². The van der Waals surface area contributed by atoms with E-state index < -0.39 is 10.9 Å². The Bertz CT molecular complexity index is 741. The van der Waals surface area contributed by atoms with Crippen LogP contribution in [0.3, 0.4) is 0 Å². The summed E-state index contributed by atoms with van der Waals surface area (Å²) in [7, 11) is 0. The van der Waals surface area contributed by atoms with Gasteiger partial charge in [0.05, 0.1) is 15.5 Å². The molecule has 0 saturated heterocycles. The highest BCUT2D eigenvalue weighted by atomic mass is 79.9. The fourth-order valence-electron chi connectivity index (χ4n) is 1.49. The van der Waals surface area contributed by atoms with E-state index in [0.29, 0.717) is 9.37 Å². The Morgan fingerprint density at radius 2 is 2.14 bits per heavy atom. The lowest BCUT2D eigenvalue weighted by molar-refractivity contribution is -0.388. The fourth-order valence-corrected chi connectivity index (χ4v) is 3.15. The number of carboxylic acids is 1. The number of benzene rings is 1. The number of nitrogens with zero attached hydrogens (tertiary/aromatic N) is 2. The van der Waals surface area contributed by atoms with E-state index in [1.807, 2.05) is 0 Å². The summed E-state index contributed by atoms with van der Waals surface area (Å²) in [5.41, 5.74) is -0.238. The second kappa shape index (κ2) is 6.42. The van der Waals surface area contributed by atoms with Crippen molar-refractivity contribution in [1.82, 2.24) is 4.98 Å². The third-order valence-corrected chi connectivity index (χ3v) is 4.14. The maximum absolute atomic E-state index is 11.2. The van der Waals surface area contributed by atoms with E-state index in [0.717, 1.165) is 11.8 Å². The minimum Gasteiger partial charge on any atom is -0.478 e. The Labute approximate surface area is 136 Å². The molecule has 1 heterocycles. The van der Waals surface area contributed by atoms with Crippen molar-refractivity contribution in [1.29, 1.82) is 0 Å². The minimum atomic E-state index is -1.12. The number of halogens is 2. The summed E-state index contributed by atoms with van der Waals surface area (Å²) < 4.78 is 0.659. The molecule has 0 amide bonds. The number of rotatable bonds is 4. The molecule has 0 aliphatic carbocycles. The number of pyridine rings is 1. The topological polar surface area (TPSA) is 93.3 Å². The molecule has 1 aromatic carbocycles. The summed E-state index contributed by atoms with van der Waals surface area (Å²) in [6.07, 6.45) is 1.27. The predicted octanol–water partition coefficient (Wildman–Crippen LogP) is 4.26. The second-order valence-electron chi connectivity index (χ2n) is 3.78. The number of aromatic carboxylic acids is 1. The molecule has 2 rings (SSSR count). The molecule has 0 atom stereocenters. The van der Waals surface area contributed by atoms with Gasteiger partial charge in [0.25, 0.3) is 0 Å². The van der Waals surface area contributed by atoms with Crippen molar-refractivity contribution in [3.63, 3.8) is 0 Å². The zero-order valence-electron chi connectivity index (χ0n) is 10.1. The van der Waals surface area contributed by atoms with Crippen LogP contribution in [0.25, 0.3) is 0 Å².